The summed E-state index contributed by atoms with van der Waals surface area (Å²) in [5.41, 5.74) is 0.930. The van der Waals surface area contributed by atoms with Crippen molar-refractivity contribution < 1.29 is 9.18 Å². The average molecular weight is 396 g/mol. The summed E-state index contributed by atoms with van der Waals surface area (Å²) >= 11 is 0. The molecule has 1 atom stereocenters. The number of amides is 1. The lowest BCUT2D eigenvalue weighted by Crippen LogP contribution is -2.43. The molecule has 8 heteroatoms. The summed E-state index contributed by atoms with van der Waals surface area (Å²) in [6.07, 6.45) is 2.49. The standard InChI is InChI=1S/C21H25FN6O/c1-3-14(2)23-21(29)15-10-12-27(13-11-15)19-9-8-18-24-25-20(28(18)26-19)16-6-4-5-7-17(16)22/h4-9,14-15H,3,10-13H2,1-2H3,(H,23,29)/t14-/m1/s1. The normalized spacial score (nSPS) is 16.2. The monoisotopic (exact) mass is 396 g/mol. The van der Waals surface area contributed by atoms with Crippen LogP contribution in [0.5, 0.6) is 0 Å². The fourth-order valence-corrected chi connectivity index (χ4v) is 3.59. The van der Waals surface area contributed by atoms with Crippen molar-refractivity contribution in [3.8, 4) is 11.4 Å². The Morgan fingerprint density at radius 1 is 1.21 bits per heavy atom. The number of rotatable bonds is 5. The number of benzene rings is 1. The lowest BCUT2D eigenvalue weighted by atomic mass is 9.95. The van der Waals surface area contributed by atoms with E-state index in [-0.39, 0.29) is 23.7 Å². The van der Waals surface area contributed by atoms with Crippen LogP contribution in [-0.4, -0.2) is 44.8 Å². The van der Waals surface area contributed by atoms with Crippen LogP contribution in [0.15, 0.2) is 36.4 Å². The van der Waals surface area contributed by atoms with E-state index in [0.29, 0.717) is 17.0 Å². The van der Waals surface area contributed by atoms with Gasteiger partial charge in [-0.15, -0.1) is 15.3 Å². The van der Waals surface area contributed by atoms with E-state index in [9.17, 15) is 9.18 Å². The number of hydrogen-bond donors (Lipinski definition) is 1. The number of aromatic nitrogens is 4. The van der Waals surface area contributed by atoms with Gasteiger partial charge in [0.1, 0.15) is 11.6 Å². The Balaban J connectivity index is 1.52. The number of nitrogens with one attached hydrogen (secondary N) is 1. The first-order valence-electron chi connectivity index (χ1n) is 10.1. The number of nitrogens with zero attached hydrogens (tertiary/aromatic N) is 5. The topological polar surface area (TPSA) is 75.4 Å². The van der Waals surface area contributed by atoms with Gasteiger partial charge in [-0.3, -0.25) is 4.79 Å². The van der Waals surface area contributed by atoms with Gasteiger partial charge in [0.2, 0.25) is 5.91 Å². The Morgan fingerprint density at radius 3 is 2.69 bits per heavy atom. The quantitative estimate of drug-likeness (QED) is 0.717. The second-order valence-electron chi connectivity index (χ2n) is 7.54. The van der Waals surface area contributed by atoms with E-state index in [2.05, 4.69) is 32.4 Å². The first kappa shape index (κ1) is 19.3. The van der Waals surface area contributed by atoms with Crippen molar-refractivity contribution in [1.29, 1.82) is 0 Å². The Labute approximate surface area is 168 Å². The third-order valence-corrected chi connectivity index (χ3v) is 5.55. The Kier molecular flexibility index (Phi) is 5.42. The fraction of sp³-hybridized carbons (Fsp3) is 0.429. The van der Waals surface area contributed by atoms with Crippen LogP contribution >= 0.6 is 0 Å². The van der Waals surface area contributed by atoms with Crippen LogP contribution in [0.25, 0.3) is 17.0 Å². The van der Waals surface area contributed by atoms with Crippen LogP contribution in [0.3, 0.4) is 0 Å². The molecule has 1 aromatic carbocycles. The molecule has 2 aromatic heterocycles. The molecule has 1 saturated heterocycles. The molecule has 3 aromatic rings. The van der Waals surface area contributed by atoms with Gasteiger partial charge in [-0.2, -0.15) is 4.52 Å². The molecule has 1 N–H and O–H groups in total. The molecule has 0 saturated carbocycles. The van der Waals surface area contributed by atoms with Gasteiger partial charge in [-0.05, 0) is 50.5 Å². The van der Waals surface area contributed by atoms with Gasteiger partial charge in [0.15, 0.2) is 11.5 Å². The van der Waals surface area contributed by atoms with Crippen LogP contribution in [0.4, 0.5) is 10.2 Å². The molecule has 0 aliphatic carbocycles. The minimum Gasteiger partial charge on any atom is -0.355 e. The molecule has 7 nitrogen and oxygen atoms in total. The molecular weight excluding hydrogens is 371 g/mol. The van der Waals surface area contributed by atoms with Crippen molar-refractivity contribution in [3.05, 3.63) is 42.2 Å². The van der Waals surface area contributed by atoms with Gasteiger partial charge in [0, 0.05) is 25.0 Å². The first-order chi connectivity index (χ1) is 14.1. The number of hydrogen-bond acceptors (Lipinski definition) is 5. The summed E-state index contributed by atoms with van der Waals surface area (Å²) in [5.74, 6) is 0.969. The molecule has 4 rings (SSSR count). The molecule has 3 heterocycles. The summed E-state index contributed by atoms with van der Waals surface area (Å²) < 4.78 is 15.8. The smallest absolute Gasteiger partial charge is 0.223 e. The summed E-state index contributed by atoms with van der Waals surface area (Å²) in [5, 5.41) is 16.0. The molecule has 1 fully saturated rings. The highest BCUT2D eigenvalue weighted by Gasteiger charge is 2.26. The van der Waals surface area contributed by atoms with E-state index in [1.165, 1.54) is 6.07 Å². The SMILES string of the molecule is CC[C@@H](C)NC(=O)C1CCN(c2ccc3nnc(-c4ccccc4F)n3n2)CC1. The van der Waals surface area contributed by atoms with Gasteiger partial charge >= 0.3 is 0 Å². The van der Waals surface area contributed by atoms with Crippen LogP contribution in [0.1, 0.15) is 33.1 Å². The van der Waals surface area contributed by atoms with E-state index in [4.69, 9.17) is 0 Å². The minimum atomic E-state index is -0.359. The van der Waals surface area contributed by atoms with Gasteiger partial charge in [0.25, 0.3) is 0 Å². The zero-order valence-electron chi connectivity index (χ0n) is 16.7. The highest BCUT2D eigenvalue weighted by molar-refractivity contribution is 5.79. The fourth-order valence-electron chi connectivity index (χ4n) is 3.59. The summed E-state index contributed by atoms with van der Waals surface area (Å²) in [7, 11) is 0. The van der Waals surface area contributed by atoms with Crippen molar-refractivity contribution in [3.63, 3.8) is 0 Å². The number of fused-ring (bicyclic) bond motifs is 1. The molecule has 1 aliphatic rings. The molecule has 0 unspecified atom stereocenters. The van der Waals surface area contributed by atoms with E-state index >= 15 is 0 Å². The van der Waals surface area contributed by atoms with Gasteiger partial charge in [0.05, 0.1) is 5.56 Å². The highest BCUT2D eigenvalue weighted by Crippen LogP contribution is 2.25. The Hall–Kier alpha value is -3.03. The van der Waals surface area contributed by atoms with Crippen LogP contribution in [-0.2, 0) is 4.79 Å². The maximum absolute atomic E-state index is 14.2. The summed E-state index contributed by atoms with van der Waals surface area (Å²) in [4.78, 5) is 14.5. The minimum absolute atomic E-state index is 0.0351. The third kappa shape index (κ3) is 3.92. The molecule has 1 amide bonds. The maximum Gasteiger partial charge on any atom is 0.223 e. The molecular formula is C21H25FN6O. The number of carbonyl (C=O) groups is 1. The number of halogens is 1. The largest absolute Gasteiger partial charge is 0.355 e. The number of piperidine rings is 1. The number of anilines is 1. The lowest BCUT2D eigenvalue weighted by molar-refractivity contribution is -0.126. The molecule has 29 heavy (non-hydrogen) atoms. The van der Waals surface area contributed by atoms with E-state index in [1.807, 2.05) is 19.1 Å². The van der Waals surface area contributed by atoms with E-state index in [1.54, 1.807) is 22.7 Å². The summed E-state index contributed by atoms with van der Waals surface area (Å²) in [6.45, 7) is 5.58. The Bertz CT molecular complexity index is 1010. The molecule has 0 spiro atoms. The molecule has 0 radical (unpaired) electrons. The lowest BCUT2D eigenvalue weighted by Gasteiger charge is -2.32. The van der Waals surface area contributed by atoms with E-state index < -0.39 is 0 Å². The van der Waals surface area contributed by atoms with Crippen molar-refractivity contribution in [2.75, 3.05) is 18.0 Å². The van der Waals surface area contributed by atoms with Crippen molar-refractivity contribution in [2.45, 2.75) is 39.2 Å². The number of carbonyl (C=O) groups excluding carboxylic acids is 1. The average Bonchev–Trinajstić information content (AvgIpc) is 3.17. The van der Waals surface area contributed by atoms with Gasteiger partial charge in [-0.25, -0.2) is 4.39 Å². The molecule has 152 valence electrons. The second-order valence-corrected chi connectivity index (χ2v) is 7.54. The summed E-state index contributed by atoms with van der Waals surface area (Å²) in [6, 6.07) is 10.4. The van der Waals surface area contributed by atoms with Gasteiger partial charge < -0.3 is 10.2 Å². The van der Waals surface area contributed by atoms with Crippen LogP contribution in [0, 0.1) is 11.7 Å². The zero-order chi connectivity index (χ0) is 20.4. The molecule has 1 aliphatic heterocycles. The third-order valence-electron chi connectivity index (χ3n) is 5.55. The van der Waals surface area contributed by atoms with Crippen molar-refractivity contribution in [2.24, 2.45) is 5.92 Å². The van der Waals surface area contributed by atoms with Gasteiger partial charge in [-0.1, -0.05) is 19.1 Å². The van der Waals surface area contributed by atoms with Crippen molar-refractivity contribution in [1.82, 2.24) is 25.1 Å². The predicted octanol–water partition coefficient (Wildman–Crippen LogP) is 3.06. The van der Waals surface area contributed by atoms with Crippen LogP contribution in [0.2, 0.25) is 0 Å². The predicted molar refractivity (Wildman–Crippen MR) is 109 cm³/mol. The highest BCUT2D eigenvalue weighted by atomic mass is 19.1. The second kappa shape index (κ2) is 8.14. The zero-order valence-corrected chi connectivity index (χ0v) is 16.7. The van der Waals surface area contributed by atoms with Crippen LogP contribution < -0.4 is 10.2 Å². The Morgan fingerprint density at radius 2 is 1.97 bits per heavy atom. The van der Waals surface area contributed by atoms with Crippen molar-refractivity contribution >= 4 is 17.4 Å². The maximum atomic E-state index is 14.2. The first-order valence-corrected chi connectivity index (χ1v) is 10.1. The van der Waals surface area contributed by atoms with E-state index in [0.717, 1.165) is 38.2 Å². The molecule has 0 bridgehead atoms.